The maximum Gasteiger partial charge on any atom is 0.258 e. The fraction of sp³-hybridized carbons (Fsp3) is 0.125. The minimum absolute atomic E-state index is 0.0876. The number of rotatable bonds is 4. The Balaban J connectivity index is 1.78. The summed E-state index contributed by atoms with van der Waals surface area (Å²) in [5.41, 5.74) is 4.30. The van der Waals surface area contributed by atoms with Crippen molar-refractivity contribution in [2.45, 2.75) is 11.9 Å². The van der Waals surface area contributed by atoms with E-state index >= 15 is 0 Å². The molecule has 6 heteroatoms. The number of nitrogens with one attached hydrogen (secondary N) is 1. The van der Waals surface area contributed by atoms with Crippen LogP contribution in [0.3, 0.4) is 0 Å². The maximum absolute atomic E-state index is 13.1. The van der Waals surface area contributed by atoms with Crippen LogP contribution in [0, 0.1) is 6.92 Å². The van der Waals surface area contributed by atoms with E-state index in [1.807, 2.05) is 61.7 Å². The Labute approximate surface area is 178 Å². The third kappa shape index (κ3) is 3.74. The molecular weight excluding hydrogens is 394 g/mol. The van der Waals surface area contributed by atoms with Gasteiger partial charge in [-0.3, -0.25) is 9.59 Å². The van der Waals surface area contributed by atoms with Crippen molar-refractivity contribution in [3.63, 3.8) is 0 Å². The molecule has 2 aromatic carbocycles. The molecule has 4 rings (SSSR count). The van der Waals surface area contributed by atoms with Crippen LogP contribution in [0.1, 0.15) is 15.9 Å². The molecule has 0 saturated heterocycles. The van der Waals surface area contributed by atoms with Gasteiger partial charge >= 0.3 is 0 Å². The molecular formula is C24H21N3O2S. The first-order chi connectivity index (χ1) is 14.5. The zero-order valence-electron chi connectivity index (χ0n) is 17.0. The predicted octanol–water partition coefficient (Wildman–Crippen LogP) is 4.88. The van der Waals surface area contributed by atoms with Crippen molar-refractivity contribution in [3.05, 3.63) is 88.3 Å². The molecule has 0 fully saturated rings. The zero-order chi connectivity index (χ0) is 21.3. The van der Waals surface area contributed by atoms with Gasteiger partial charge in [-0.05, 0) is 60.7 Å². The van der Waals surface area contributed by atoms with Gasteiger partial charge in [-0.1, -0.05) is 24.3 Å². The van der Waals surface area contributed by atoms with E-state index in [0.29, 0.717) is 16.8 Å². The van der Waals surface area contributed by atoms with Gasteiger partial charge in [0.15, 0.2) is 0 Å². The van der Waals surface area contributed by atoms with Crippen LogP contribution in [0.2, 0.25) is 0 Å². The Morgan fingerprint density at radius 2 is 1.80 bits per heavy atom. The SMILES string of the molecule is CSc1cc2c(cn1)cc(-c1cc(NC(=O)c3ccccc3)ccc1C)c(=O)n2C. The molecule has 30 heavy (non-hydrogen) atoms. The number of hydrogen-bond acceptors (Lipinski definition) is 4. The normalized spacial score (nSPS) is 10.9. The van der Waals surface area contributed by atoms with Gasteiger partial charge in [0.25, 0.3) is 11.5 Å². The summed E-state index contributed by atoms with van der Waals surface area (Å²) < 4.78 is 1.65. The van der Waals surface area contributed by atoms with Gasteiger partial charge in [0.1, 0.15) is 0 Å². The standard InChI is InChI=1S/C24H21N3O2S/c1-15-9-10-18(26-23(28)16-7-5-4-6-8-16)12-19(15)20-11-17-14-25-22(30-3)13-21(17)27(2)24(20)29/h4-14H,1-3H3,(H,26,28). The third-order valence-electron chi connectivity index (χ3n) is 5.11. The summed E-state index contributed by atoms with van der Waals surface area (Å²) in [5, 5.41) is 4.68. The molecule has 0 aliphatic rings. The van der Waals surface area contributed by atoms with E-state index in [2.05, 4.69) is 10.3 Å². The van der Waals surface area contributed by atoms with Crippen LogP contribution in [0.15, 0.2) is 76.7 Å². The number of benzene rings is 2. The predicted molar refractivity (Wildman–Crippen MR) is 123 cm³/mol. The highest BCUT2D eigenvalue weighted by atomic mass is 32.2. The largest absolute Gasteiger partial charge is 0.322 e. The maximum atomic E-state index is 13.1. The zero-order valence-corrected chi connectivity index (χ0v) is 17.8. The number of hydrogen-bond donors (Lipinski definition) is 1. The van der Waals surface area contributed by atoms with E-state index in [9.17, 15) is 9.59 Å². The van der Waals surface area contributed by atoms with Crippen molar-refractivity contribution < 1.29 is 4.79 Å². The van der Waals surface area contributed by atoms with E-state index < -0.39 is 0 Å². The lowest BCUT2D eigenvalue weighted by atomic mass is 9.99. The minimum Gasteiger partial charge on any atom is -0.322 e. The summed E-state index contributed by atoms with van der Waals surface area (Å²) in [6, 6.07) is 18.4. The van der Waals surface area contributed by atoms with Gasteiger partial charge in [0.05, 0.1) is 10.5 Å². The van der Waals surface area contributed by atoms with Crippen molar-refractivity contribution in [1.29, 1.82) is 0 Å². The van der Waals surface area contributed by atoms with Gasteiger partial charge in [0, 0.05) is 35.4 Å². The molecule has 1 N–H and O–H groups in total. The lowest BCUT2D eigenvalue weighted by Gasteiger charge is -2.13. The average molecular weight is 416 g/mol. The Morgan fingerprint density at radius 1 is 1.03 bits per heavy atom. The number of aromatic nitrogens is 2. The summed E-state index contributed by atoms with van der Waals surface area (Å²) in [6.45, 7) is 1.96. The smallest absolute Gasteiger partial charge is 0.258 e. The van der Waals surface area contributed by atoms with Crippen molar-refractivity contribution in [2.24, 2.45) is 7.05 Å². The van der Waals surface area contributed by atoms with Crippen LogP contribution < -0.4 is 10.9 Å². The molecule has 0 radical (unpaired) electrons. The van der Waals surface area contributed by atoms with Crippen LogP contribution in [-0.4, -0.2) is 21.7 Å². The average Bonchev–Trinajstić information content (AvgIpc) is 2.78. The van der Waals surface area contributed by atoms with Gasteiger partial charge in [-0.15, -0.1) is 11.8 Å². The number of nitrogens with zero attached hydrogens (tertiary/aromatic N) is 2. The monoisotopic (exact) mass is 415 g/mol. The van der Waals surface area contributed by atoms with E-state index in [0.717, 1.165) is 27.1 Å². The first kappa shape index (κ1) is 19.9. The van der Waals surface area contributed by atoms with Crippen molar-refractivity contribution in [2.75, 3.05) is 11.6 Å². The van der Waals surface area contributed by atoms with Crippen LogP contribution in [0.5, 0.6) is 0 Å². The van der Waals surface area contributed by atoms with Crippen molar-refractivity contribution in [3.8, 4) is 11.1 Å². The number of carbonyl (C=O) groups is 1. The molecule has 150 valence electrons. The third-order valence-corrected chi connectivity index (χ3v) is 5.76. The number of carbonyl (C=O) groups excluding carboxylic acids is 1. The molecule has 0 aliphatic carbocycles. The molecule has 0 unspecified atom stereocenters. The minimum atomic E-state index is -0.189. The summed E-state index contributed by atoms with van der Waals surface area (Å²) >= 11 is 1.54. The lowest BCUT2D eigenvalue weighted by molar-refractivity contribution is 0.102. The Hall–Kier alpha value is -3.38. The fourth-order valence-electron chi connectivity index (χ4n) is 3.43. The molecule has 2 aromatic heterocycles. The summed E-state index contributed by atoms with van der Waals surface area (Å²) in [7, 11) is 1.77. The summed E-state index contributed by atoms with van der Waals surface area (Å²) in [6.07, 6.45) is 3.75. The molecule has 0 bridgehead atoms. The number of amides is 1. The first-order valence-corrected chi connectivity index (χ1v) is 10.7. The molecule has 4 aromatic rings. The number of fused-ring (bicyclic) bond motifs is 1. The van der Waals surface area contributed by atoms with Crippen LogP contribution in [0.25, 0.3) is 22.0 Å². The highest BCUT2D eigenvalue weighted by Gasteiger charge is 2.14. The second-order valence-electron chi connectivity index (χ2n) is 7.06. The van der Waals surface area contributed by atoms with Crippen molar-refractivity contribution in [1.82, 2.24) is 9.55 Å². The summed E-state index contributed by atoms with van der Waals surface area (Å²) in [5.74, 6) is -0.189. The molecule has 0 saturated carbocycles. The van der Waals surface area contributed by atoms with Crippen LogP contribution in [0.4, 0.5) is 5.69 Å². The molecule has 5 nitrogen and oxygen atoms in total. The molecule has 0 spiro atoms. The Kier molecular flexibility index (Phi) is 5.42. The second-order valence-corrected chi connectivity index (χ2v) is 7.88. The van der Waals surface area contributed by atoms with E-state index in [-0.39, 0.29) is 11.5 Å². The number of anilines is 1. The van der Waals surface area contributed by atoms with Gasteiger partial charge in [0.2, 0.25) is 0 Å². The van der Waals surface area contributed by atoms with Crippen LogP contribution >= 0.6 is 11.8 Å². The van der Waals surface area contributed by atoms with Crippen LogP contribution in [-0.2, 0) is 7.05 Å². The quantitative estimate of drug-likeness (QED) is 0.482. The summed E-state index contributed by atoms with van der Waals surface area (Å²) in [4.78, 5) is 30.1. The van der Waals surface area contributed by atoms with E-state index in [1.165, 1.54) is 0 Å². The highest BCUT2D eigenvalue weighted by molar-refractivity contribution is 7.98. The number of aryl methyl sites for hydroxylation is 2. The number of pyridine rings is 2. The molecule has 1 amide bonds. The highest BCUT2D eigenvalue weighted by Crippen LogP contribution is 2.27. The number of thioether (sulfide) groups is 1. The fourth-order valence-corrected chi connectivity index (χ4v) is 3.82. The molecule has 0 atom stereocenters. The van der Waals surface area contributed by atoms with E-state index in [4.69, 9.17) is 0 Å². The first-order valence-electron chi connectivity index (χ1n) is 9.49. The topological polar surface area (TPSA) is 64.0 Å². The van der Waals surface area contributed by atoms with E-state index in [1.54, 1.807) is 41.7 Å². The van der Waals surface area contributed by atoms with Crippen molar-refractivity contribution >= 4 is 34.3 Å². The van der Waals surface area contributed by atoms with Gasteiger partial charge in [-0.25, -0.2) is 4.98 Å². The Morgan fingerprint density at radius 3 is 2.53 bits per heavy atom. The molecule has 0 aliphatic heterocycles. The van der Waals surface area contributed by atoms with Gasteiger partial charge < -0.3 is 9.88 Å². The van der Waals surface area contributed by atoms with Gasteiger partial charge in [-0.2, -0.15) is 0 Å². The lowest BCUT2D eigenvalue weighted by Crippen LogP contribution is -2.19. The molecule has 2 heterocycles. The second kappa shape index (κ2) is 8.16. The Bertz CT molecular complexity index is 1310.